The average molecular weight is 432 g/mol. The Labute approximate surface area is 183 Å². The molecule has 1 aliphatic heterocycles. The number of ether oxygens (including phenoxy) is 1. The van der Waals surface area contributed by atoms with Crippen molar-refractivity contribution in [1.82, 2.24) is 4.90 Å². The molecular weight excluding hydrogens is 414 g/mol. The van der Waals surface area contributed by atoms with E-state index in [1.165, 1.54) is 4.90 Å². The third-order valence-corrected chi connectivity index (χ3v) is 5.72. The molecule has 1 atom stereocenters. The Morgan fingerprint density at radius 2 is 1.81 bits per heavy atom. The van der Waals surface area contributed by atoms with Crippen molar-refractivity contribution in [2.45, 2.75) is 12.6 Å². The number of carbonyl (C=O) groups excluding carboxylic acids is 1. The van der Waals surface area contributed by atoms with Gasteiger partial charge < -0.3 is 14.1 Å². The molecule has 0 spiro atoms. The molecule has 0 bridgehead atoms. The minimum Gasteiger partial charge on any atom is -0.489 e. The molecule has 0 saturated heterocycles. The molecule has 4 aromatic rings. The second-order valence-electron chi connectivity index (χ2n) is 7.48. The lowest BCUT2D eigenvalue weighted by atomic mass is 9.98. The molecule has 5 rings (SSSR count). The molecule has 1 unspecified atom stereocenters. The molecule has 1 aromatic heterocycles. The first-order chi connectivity index (χ1) is 15.0. The minimum absolute atomic E-state index is 0.0722. The van der Waals surface area contributed by atoms with E-state index >= 15 is 0 Å². The van der Waals surface area contributed by atoms with Gasteiger partial charge in [-0.25, -0.2) is 0 Å². The summed E-state index contributed by atoms with van der Waals surface area (Å²) in [6, 6.07) is 21.5. The molecule has 6 heteroatoms. The highest BCUT2D eigenvalue weighted by Gasteiger charge is 2.40. The number of halogens is 1. The molecule has 0 aliphatic carbocycles. The van der Waals surface area contributed by atoms with Gasteiger partial charge in [0.25, 0.3) is 5.91 Å². The van der Waals surface area contributed by atoms with Crippen molar-refractivity contribution in [3.05, 3.63) is 110 Å². The molecule has 1 aliphatic rings. The lowest BCUT2D eigenvalue weighted by Crippen LogP contribution is -2.25. The van der Waals surface area contributed by atoms with Crippen molar-refractivity contribution in [3.63, 3.8) is 0 Å². The molecule has 0 radical (unpaired) electrons. The van der Waals surface area contributed by atoms with E-state index in [1.807, 2.05) is 54.6 Å². The summed E-state index contributed by atoms with van der Waals surface area (Å²) in [6.07, 6.45) is 0. The fourth-order valence-electron chi connectivity index (χ4n) is 3.97. The normalized spacial score (nSPS) is 15.4. The highest BCUT2D eigenvalue weighted by atomic mass is 35.5. The first-order valence-electron chi connectivity index (χ1n) is 9.83. The maximum atomic E-state index is 13.3. The van der Waals surface area contributed by atoms with Crippen LogP contribution in [0.3, 0.4) is 0 Å². The van der Waals surface area contributed by atoms with Gasteiger partial charge in [0.05, 0.1) is 17.0 Å². The molecule has 31 heavy (non-hydrogen) atoms. The maximum Gasteiger partial charge on any atom is 0.290 e. The van der Waals surface area contributed by atoms with Crippen LogP contribution >= 0.6 is 11.6 Å². The van der Waals surface area contributed by atoms with Crippen molar-refractivity contribution in [3.8, 4) is 5.75 Å². The van der Waals surface area contributed by atoms with E-state index in [0.717, 1.165) is 11.1 Å². The van der Waals surface area contributed by atoms with Gasteiger partial charge in [0, 0.05) is 12.1 Å². The van der Waals surface area contributed by atoms with Crippen LogP contribution in [-0.4, -0.2) is 17.9 Å². The van der Waals surface area contributed by atoms with Gasteiger partial charge in [0.2, 0.25) is 5.76 Å². The largest absolute Gasteiger partial charge is 0.489 e. The number of hydrogen-bond donors (Lipinski definition) is 0. The maximum absolute atomic E-state index is 13.3. The summed E-state index contributed by atoms with van der Waals surface area (Å²) in [5.41, 5.74) is 2.24. The van der Waals surface area contributed by atoms with Gasteiger partial charge in [-0.1, -0.05) is 54.1 Å². The number of nitrogens with zero attached hydrogens (tertiary/aromatic N) is 1. The van der Waals surface area contributed by atoms with E-state index in [1.54, 1.807) is 25.2 Å². The van der Waals surface area contributed by atoms with Gasteiger partial charge in [-0.3, -0.25) is 9.59 Å². The zero-order chi connectivity index (χ0) is 21.5. The van der Waals surface area contributed by atoms with E-state index in [4.69, 9.17) is 20.8 Å². The van der Waals surface area contributed by atoms with Gasteiger partial charge in [0.1, 0.15) is 17.9 Å². The van der Waals surface area contributed by atoms with E-state index in [2.05, 4.69) is 0 Å². The summed E-state index contributed by atoms with van der Waals surface area (Å²) < 4.78 is 11.8. The molecule has 3 aromatic carbocycles. The highest BCUT2D eigenvalue weighted by molar-refractivity contribution is 6.31. The monoisotopic (exact) mass is 431 g/mol. The summed E-state index contributed by atoms with van der Waals surface area (Å²) in [5.74, 6) is 0.399. The summed E-state index contributed by atoms with van der Waals surface area (Å²) in [5, 5.41) is 0.793. The highest BCUT2D eigenvalue weighted by Crippen LogP contribution is 2.38. The Bertz CT molecular complexity index is 1360. The van der Waals surface area contributed by atoms with Crippen LogP contribution < -0.4 is 10.2 Å². The molecule has 0 fully saturated rings. The molecule has 0 saturated carbocycles. The van der Waals surface area contributed by atoms with Gasteiger partial charge in [-0.05, 0) is 41.5 Å². The van der Waals surface area contributed by atoms with Crippen molar-refractivity contribution < 1.29 is 13.9 Å². The predicted molar refractivity (Wildman–Crippen MR) is 119 cm³/mol. The second-order valence-corrected chi connectivity index (χ2v) is 7.92. The SMILES string of the molecule is CN1C(=O)c2oc3ccc(Cl)cc3c(=O)c2C1c1cccc(OCc2ccccc2)c1. The van der Waals surface area contributed by atoms with E-state index in [0.29, 0.717) is 33.9 Å². The van der Waals surface area contributed by atoms with Crippen LogP contribution in [-0.2, 0) is 6.61 Å². The van der Waals surface area contributed by atoms with Crippen molar-refractivity contribution in [2.24, 2.45) is 0 Å². The standard InChI is InChI=1S/C25H18ClNO4/c1-27-22(16-8-5-9-18(12-16)30-14-15-6-3-2-4-7-15)21-23(28)19-13-17(26)10-11-20(19)31-24(21)25(27)29/h2-13,22H,14H2,1H3. The third kappa shape index (κ3) is 3.37. The van der Waals surface area contributed by atoms with E-state index in [-0.39, 0.29) is 17.1 Å². The third-order valence-electron chi connectivity index (χ3n) is 5.48. The molecule has 0 N–H and O–H groups in total. The number of hydrogen-bond acceptors (Lipinski definition) is 4. The van der Waals surface area contributed by atoms with Crippen LogP contribution in [0.15, 0.2) is 82.0 Å². The molecule has 154 valence electrons. The molecule has 2 heterocycles. The van der Waals surface area contributed by atoms with Crippen LogP contribution in [0.25, 0.3) is 11.0 Å². The zero-order valence-electron chi connectivity index (χ0n) is 16.7. The summed E-state index contributed by atoms with van der Waals surface area (Å²) in [4.78, 5) is 27.7. The molecule has 5 nitrogen and oxygen atoms in total. The zero-order valence-corrected chi connectivity index (χ0v) is 17.4. The Kier molecular flexibility index (Phi) is 4.75. The van der Waals surface area contributed by atoms with Gasteiger partial charge in [-0.15, -0.1) is 0 Å². The Morgan fingerprint density at radius 1 is 1.00 bits per heavy atom. The van der Waals surface area contributed by atoms with Crippen LogP contribution in [0.5, 0.6) is 5.75 Å². The number of fused-ring (bicyclic) bond motifs is 2. The van der Waals surface area contributed by atoms with Crippen LogP contribution in [0.2, 0.25) is 5.02 Å². The molecular formula is C25H18ClNO4. The van der Waals surface area contributed by atoms with Gasteiger partial charge in [-0.2, -0.15) is 0 Å². The van der Waals surface area contributed by atoms with E-state index in [9.17, 15) is 9.59 Å². The van der Waals surface area contributed by atoms with Crippen LogP contribution in [0.4, 0.5) is 0 Å². The second kappa shape index (κ2) is 7.60. The quantitative estimate of drug-likeness (QED) is 0.445. The molecule has 1 amide bonds. The number of rotatable bonds is 4. The van der Waals surface area contributed by atoms with Crippen LogP contribution in [0.1, 0.15) is 33.3 Å². The Morgan fingerprint density at radius 3 is 2.61 bits per heavy atom. The topological polar surface area (TPSA) is 59.8 Å². The fraction of sp³-hybridized carbons (Fsp3) is 0.120. The predicted octanol–water partition coefficient (Wildman–Crippen LogP) is 5.20. The van der Waals surface area contributed by atoms with Crippen molar-refractivity contribution in [1.29, 1.82) is 0 Å². The summed E-state index contributed by atoms with van der Waals surface area (Å²) in [7, 11) is 1.66. The van der Waals surface area contributed by atoms with E-state index < -0.39 is 6.04 Å². The minimum atomic E-state index is -0.567. The smallest absolute Gasteiger partial charge is 0.290 e. The number of carbonyl (C=O) groups is 1. The van der Waals surface area contributed by atoms with Gasteiger partial charge >= 0.3 is 0 Å². The average Bonchev–Trinajstić information content (AvgIpc) is 3.04. The Hall–Kier alpha value is -3.57. The first-order valence-corrected chi connectivity index (χ1v) is 10.2. The summed E-state index contributed by atoms with van der Waals surface area (Å²) >= 11 is 6.08. The lowest BCUT2D eigenvalue weighted by molar-refractivity contribution is 0.0771. The summed E-state index contributed by atoms with van der Waals surface area (Å²) in [6.45, 7) is 0.422. The van der Waals surface area contributed by atoms with Gasteiger partial charge in [0.15, 0.2) is 5.43 Å². The first kappa shape index (κ1) is 19.4. The van der Waals surface area contributed by atoms with Crippen molar-refractivity contribution in [2.75, 3.05) is 7.05 Å². The number of amides is 1. The number of benzene rings is 3. The Balaban J connectivity index is 1.56. The van der Waals surface area contributed by atoms with Crippen molar-refractivity contribution >= 4 is 28.5 Å². The van der Waals surface area contributed by atoms with Crippen LogP contribution in [0, 0.1) is 0 Å². The lowest BCUT2D eigenvalue weighted by Gasteiger charge is -2.21. The fourth-order valence-corrected chi connectivity index (χ4v) is 4.14.